The molecule has 1 aromatic rings. The second kappa shape index (κ2) is 8.57. The molecule has 120 valence electrons. The van der Waals surface area contributed by atoms with Gasteiger partial charge in [-0.2, -0.15) is 0 Å². The van der Waals surface area contributed by atoms with Crippen LogP contribution >= 0.6 is 12.4 Å². The van der Waals surface area contributed by atoms with Gasteiger partial charge in [0.1, 0.15) is 5.82 Å². The SMILES string of the molecule is CC(C)N(C)c1ccc(CN2CCCCC2CN)cn1.Cl. The number of rotatable bonds is 5. The molecule has 1 aliphatic heterocycles. The third kappa shape index (κ3) is 4.83. The van der Waals surface area contributed by atoms with Crippen molar-refractivity contribution < 1.29 is 0 Å². The summed E-state index contributed by atoms with van der Waals surface area (Å²) in [4.78, 5) is 9.28. The standard InChI is InChI=1S/C16H28N4.ClH/c1-13(2)19(3)16-8-7-14(11-18-16)12-20-9-5-4-6-15(20)10-17;/h7-8,11,13,15H,4-6,9-10,12,17H2,1-3H3;1H. The van der Waals surface area contributed by atoms with E-state index in [1.807, 2.05) is 6.20 Å². The molecule has 0 aromatic carbocycles. The Balaban J connectivity index is 0.00000220. The molecule has 5 heteroatoms. The van der Waals surface area contributed by atoms with E-state index in [1.54, 1.807) is 0 Å². The number of anilines is 1. The largest absolute Gasteiger partial charge is 0.357 e. The summed E-state index contributed by atoms with van der Waals surface area (Å²) in [6.45, 7) is 7.25. The zero-order valence-electron chi connectivity index (χ0n) is 13.5. The van der Waals surface area contributed by atoms with E-state index in [0.717, 1.165) is 25.5 Å². The molecule has 1 aliphatic rings. The van der Waals surface area contributed by atoms with E-state index in [9.17, 15) is 0 Å². The van der Waals surface area contributed by atoms with Gasteiger partial charge in [0, 0.05) is 38.4 Å². The third-order valence-corrected chi connectivity index (χ3v) is 4.35. The van der Waals surface area contributed by atoms with Crippen molar-refractivity contribution in [1.82, 2.24) is 9.88 Å². The number of nitrogens with zero attached hydrogens (tertiary/aromatic N) is 3. The summed E-state index contributed by atoms with van der Waals surface area (Å²) in [5.41, 5.74) is 7.16. The molecule has 1 unspecified atom stereocenters. The molecule has 0 spiro atoms. The van der Waals surface area contributed by atoms with Crippen LogP contribution in [0.1, 0.15) is 38.7 Å². The fourth-order valence-corrected chi connectivity index (χ4v) is 2.75. The quantitative estimate of drug-likeness (QED) is 0.908. The first-order chi connectivity index (χ1) is 9.61. The Hall–Kier alpha value is -0.840. The van der Waals surface area contributed by atoms with Crippen LogP contribution in [0.25, 0.3) is 0 Å². The van der Waals surface area contributed by atoms with E-state index in [1.165, 1.54) is 24.8 Å². The van der Waals surface area contributed by atoms with E-state index >= 15 is 0 Å². The van der Waals surface area contributed by atoms with Gasteiger partial charge in [-0.05, 0) is 44.9 Å². The molecule has 21 heavy (non-hydrogen) atoms. The summed E-state index contributed by atoms with van der Waals surface area (Å²) in [7, 11) is 2.09. The lowest BCUT2D eigenvalue weighted by Gasteiger charge is -2.35. The van der Waals surface area contributed by atoms with Crippen LogP contribution in [0.15, 0.2) is 18.3 Å². The second-order valence-electron chi connectivity index (χ2n) is 6.09. The Morgan fingerprint density at radius 1 is 1.38 bits per heavy atom. The van der Waals surface area contributed by atoms with E-state index in [2.05, 4.69) is 47.8 Å². The van der Waals surface area contributed by atoms with Crippen molar-refractivity contribution in [2.24, 2.45) is 5.73 Å². The lowest BCUT2D eigenvalue weighted by atomic mass is 10.0. The zero-order valence-corrected chi connectivity index (χ0v) is 14.3. The number of pyridine rings is 1. The number of halogens is 1. The third-order valence-electron chi connectivity index (χ3n) is 4.35. The van der Waals surface area contributed by atoms with Gasteiger partial charge in [0.2, 0.25) is 0 Å². The van der Waals surface area contributed by atoms with Crippen LogP contribution in [0.2, 0.25) is 0 Å². The highest BCUT2D eigenvalue weighted by molar-refractivity contribution is 5.85. The van der Waals surface area contributed by atoms with Gasteiger partial charge < -0.3 is 10.6 Å². The van der Waals surface area contributed by atoms with E-state index in [0.29, 0.717) is 12.1 Å². The number of nitrogens with two attached hydrogens (primary N) is 1. The average Bonchev–Trinajstić information content (AvgIpc) is 2.48. The maximum Gasteiger partial charge on any atom is 0.128 e. The van der Waals surface area contributed by atoms with Crippen LogP contribution < -0.4 is 10.6 Å². The summed E-state index contributed by atoms with van der Waals surface area (Å²) in [6.07, 6.45) is 5.85. The second-order valence-corrected chi connectivity index (χ2v) is 6.09. The topological polar surface area (TPSA) is 45.4 Å². The van der Waals surface area contributed by atoms with Gasteiger partial charge in [-0.15, -0.1) is 12.4 Å². The van der Waals surface area contributed by atoms with Gasteiger partial charge in [-0.1, -0.05) is 12.5 Å². The van der Waals surface area contributed by atoms with Crippen molar-refractivity contribution in [1.29, 1.82) is 0 Å². The smallest absolute Gasteiger partial charge is 0.128 e. The molecule has 2 rings (SSSR count). The Morgan fingerprint density at radius 2 is 2.14 bits per heavy atom. The summed E-state index contributed by atoms with van der Waals surface area (Å²) in [6, 6.07) is 5.33. The van der Waals surface area contributed by atoms with Gasteiger partial charge >= 0.3 is 0 Å². The Bertz CT molecular complexity index is 407. The van der Waals surface area contributed by atoms with Crippen LogP contribution in [0.5, 0.6) is 0 Å². The van der Waals surface area contributed by atoms with Crippen molar-refractivity contribution in [3.05, 3.63) is 23.9 Å². The molecule has 0 amide bonds. The molecule has 2 N–H and O–H groups in total. The highest BCUT2D eigenvalue weighted by Gasteiger charge is 2.21. The normalized spacial score (nSPS) is 19.4. The molecule has 0 radical (unpaired) electrons. The first kappa shape index (κ1) is 18.2. The van der Waals surface area contributed by atoms with Crippen molar-refractivity contribution in [3.63, 3.8) is 0 Å². The average molecular weight is 313 g/mol. The number of piperidine rings is 1. The molecule has 1 aromatic heterocycles. The predicted octanol–water partition coefficient (Wildman–Crippen LogP) is 2.66. The number of hydrogen-bond acceptors (Lipinski definition) is 4. The fourth-order valence-electron chi connectivity index (χ4n) is 2.75. The molecular weight excluding hydrogens is 284 g/mol. The molecule has 0 bridgehead atoms. The Labute approximate surface area is 135 Å². The maximum absolute atomic E-state index is 5.88. The Kier molecular flexibility index (Phi) is 7.43. The van der Waals surface area contributed by atoms with E-state index in [4.69, 9.17) is 5.73 Å². The van der Waals surface area contributed by atoms with Gasteiger partial charge in [0.25, 0.3) is 0 Å². The Morgan fingerprint density at radius 3 is 2.71 bits per heavy atom. The van der Waals surface area contributed by atoms with Crippen molar-refractivity contribution >= 4 is 18.2 Å². The summed E-state index contributed by atoms with van der Waals surface area (Å²) >= 11 is 0. The first-order valence-electron chi connectivity index (χ1n) is 7.73. The molecule has 1 fully saturated rings. The molecular formula is C16H29ClN4. The van der Waals surface area contributed by atoms with Crippen molar-refractivity contribution in [3.8, 4) is 0 Å². The van der Waals surface area contributed by atoms with Crippen LogP contribution in [0, 0.1) is 0 Å². The van der Waals surface area contributed by atoms with Crippen molar-refractivity contribution in [2.45, 2.75) is 51.7 Å². The van der Waals surface area contributed by atoms with Gasteiger partial charge in [0.05, 0.1) is 0 Å². The van der Waals surface area contributed by atoms with Crippen LogP contribution in [0.4, 0.5) is 5.82 Å². The minimum absolute atomic E-state index is 0. The monoisotopic (exact) mass is 312 g/mol. The lowest BCUT2D eigenvalue weighted by Crippen LogP contribution is -2.43. The predicted molar refractivity (Wildman–Crippen MR) is 92.1 cm³/mol. The van der Waals surface area contributed by atoms with Gasteiger partial charge in [-0.3, -0.25) is 4.90 Å². The summed E-state index contributed by atoms with van der Waals surface area (Å²) in [5, 5.41) is 0. The molecule has 4 nitrogen and oxygen atoms in total. The maximum atomic E-state index is 5.88. The minimum Gasteiger partial charge on any atom is -0.357 e. The molecule has 2 heterocycles. The van der Waals surface area contributed by atoms with Gasteiger partial charge in [0.15, 0.2) is 0 Å². The van der Waals surface area contributed by atoms with E-state index < -0.39 is 0 Å². The number of hydrogen-bond donors (Lipinski definition) is 1. The van der Waals surface area contributed by atoms with Crippen LogP contribution in [-0.4, -0.2) is 42.1 Å². The fraction of sp³-hybridized carbons (Fsp3) is 0.688. The molecule has 1 saturated heterocycles. The van der Waals surface area contributed by atoms with Crippen LogP contribution in [0.3, 0.4) is 0 Å². The highest BCUT2D eigenvalue weighted by Crippen LogP contribution is 2.19. The molecule has 0 saturated carbocycles. The zero-order chi connectivity index (χ0) is 14.5. The highest BCUT2D eigenvalue weighted by atomic mass is 35.5. The lowest BCUT2D eigenvalue weighted by molar-refractivity contribution is 0.145. The summed E-state index contributed by atoms with van der Waals surface area (Å²) in [5.74, 6) is 1.04. The van der Waals surface area contributed by atoms with E-state index in [-0.39, 0.29) is 12.4 Å². The molecule has 0 aliphatic carbocycles. The number of aromatic nitrogens is 1. The molecule has 1 atom stereocenters. The minimum atomic E-state index is 0. The van der Waals surface area contributed by atoms with Gasteiger partial charge in [-0.25, -0.2) is 4.98 Å². The van der Waals surface area contributed by atoms with Crippen molar-refractivity contribution in [2.75, 3.05) is 25.0 Å². The van der Waals surface area contributed by atoms with Crippen LogP contribution in [-0.2, 0) is 6.54 Å². The summed E-state index contributed by atoms with van der Waals surface area (Å²) < 4.78 is 0. The first-order valence-corrected chi connectivity index (χ1v) is 7.73. The number of likely N-dealkylation sites (tertiary alicyclic amines) is 1.